The van der Waals surface area contributed by atoms with E-state index in [1.807, 2.05) is 17.7 Å². The lowest BCUT2D eigenvalue weighted by atomic mass is 10.1. The third kappa shape index (κ3) is 3.02. The number of hydrogen-bond donors (Lipinski definition) is 0. The second-order valence-electron chi connectivity index (χ2n) is 5.24. The van der Waals surface area contributed by atoms with E-state index in [9.17, 15) is 4.79 Å². The maximum Gasteiger partial charge on any atom is 0.253 e. The molecule has 1 aromatic carbocycles. The molecule has 0 saturated carbocycles. The van der Waals surface area contributed by atoms with E-state index >= 15 is 0 Å². The summed E-state index contributed by atoms with van der Waals surface area (Å²) in [6.07, 6.45) is 0.295. The molecule has 2 aromatic heterocycles. The summed E-state index contributed by atoms with van der Waals surface area (Å²) < 4.78 is 3.82. The van der Waals surface area contributed by atoms with Gasteiger partial charge in [0.15, 0.2) is 4.80 Å². The van der Waals surface area contributed by atoms with Crippen LogP contribution in [0.1, 0.15) is 16.0 Å². The van der Waals surface area contributed by atoms with Crippen LogP contribution < -0.4 is 4.80 Å². The number of aryl methyl sites for hydroxylation is 3. The molecule has 0 aliphatic rings. The van der Waals surface area contributed by atoms with Gasteiger partial charge in [-0.05, 0) is 49.2 Å². The lowest BCUT2D eigenvalue weighted by Crippen LogP contribution is -2.14. The monoisotopic (exact) mass is 350 g/mol. The van der Waals surface area contributed by atoms with Crippen molar-refractivity contribution in [2.45, 2.75) is 20.3 Å². The Hall–Kier alpha value is -1.43. The van der Waals surface area contributed by atoms with Crippen molar-refractivity contribution in [3.05, 3.63) is 49.4 Å². The Morgan fingerprint density at radius 2 is 1.95 bits per heavy atom. The zero-order chi connectivity index (χ0) is 15.9. The number of benzene rings is 1. The molecule has 0 N–H and O–H groups in total. The summed E-state index contributed by atoms with van der Waals surface area (Å²) in [7, 11) is 1.95. The van der Waals surface area contributed by atoms with Gasteiger partial charge in [0.05, 0.1) is 21.0 Å². The lowest BCUT2D eigenvalue weighted by Gasteiger charge is -2.00. The smallest absolute Gasteiger partial charge is 0.253 e. The SMILES string of the molecule is Cc1cc2sc(=NC(=O)Cc3ccc(Cl)s3)n(C)c2cc1C. The minimum absolute atomic E-state index is 0.144. The van der Waals surface area contributed by atoms with Gasteiger partial charge in [0, 0.05) is 11.9 Å². The summed E-state index contributed by atoms with van der Waals surface area (Å²) in [5, 5.41) is 0. The molecule has 0 aliphatic heterocycles. The molecule has 0 bridgehead atoms. The van der Waals surface area contributed by atoms with Crippen LogP contribution >= 0.6 is 34.3 Å². The Bertz CT molecular complexity index is 933. The zero-order valence-electron chi connectivity index (χ0n) is 12.5. The Morgan fingerprint density at radius 1 is 1.23 bits per heavy atom. The third-order valence-electron chi connectivity index (χ3n) is 3.60. The maximum atomic E-state index is 12.1. The van der Waals surface area contributed by atoms with Gasteiger partial charge >= 0.3 is 0 Å². The van der Waals surface area contributed by atoms with Crippen molar-refractivity contribution in [1.29, 1.82) is 0 Å². The summed E-state index contributed by atoms with van der Waals surface area (Å²) >= 11 is 8.85. The van der Waals surface area contributed by atoms with Gasteiger partial charge in [-0.2, -0.15) is 4.99 Å². The van der Waals surface area contributed by atoms with Crippen LogP contribution in [0, 0.1) is 13.8 Å². The molecule has 3 rings (SSSR count). The first kappa shape index (κ1) is 15.5. The molecule has 0 saturated heterocycles. The second kappa shape index (κ2) is 5.99. The van der Waals surface area contributed by atoms with Gasteiger partial charge in [0.25, 0.3) is 5.91 Å². The van der Waals surface area contributed by atoms with Crippen LogP contribution in [0.3, 0.4) is 0 Å². The molecule has 3 nitrogen and oxygen atoms in total. The molecule has 114 valence electrons. The van der Waals surface area contributed by atoms with E-state index in [2.05, 4.69) is 31.0 Å². The van der Waals surface area contributed by atoms with Crippen molar-refractivity contribution in [1.82, 2.24) is 4.57 Å². The van der Waals surface area contributed by atoms with E-state index in [1.54, 1.807) is 17.4 Å². The van der Waals surface area contributed by atoms with Crippen LogP contribution in [0.25, 0.3) is 10.2 Å². The first-order valence-corrected chi connectivity index (χ1v) is 8.83. The minimum Gasteiger partial charge on any atom is -0.319 e. The summed E-state index contributed by atoms with van der Waals surface area (Å²) in [6, 6.07) is 7.97. The van der Waals surface area contributed by atoms with E-state index in [4.69, 9.17) is 11.6 Å². The van der Waals surface area contributed by atoms with E-state index in [0.717, 1.165) is 19.9 Å². The van der Waals surface area contributed by atoms with Crippen molar-refractivity contribution >= 4 is 50.4 Å². The highest BCUT2D eigenvalue weighted by Crippen LogP contribution is 2.23. The number of rotatable bonds is 2. The molecule has 6 heteroatoms. The van der Waals surface area contributed by atoms with Gasteiger partial charge in [-0.3, -0.25) is 4.79 Å². The van der Waals surface area contributed by atoms with Gasteiger partial charge in [-0.1, -0.05) is 22.9 Å². The average Bonchev–Trinajstić information content (AvgIpc) is 2.97. The van der Waals surface area contributed by atoms with Crippen molar-refractivity contribution < 1.29 is 4.79 Å². The highest BCUT2D eigenvalue weighted by atomic mass is 35.5. The predicted molar refractivity (Wildman–Crippen MR) is 93.9 cm³/mol. The summed E-state index contributed by atoms with van der Waals surface area (Å²) in [5.41, 5.74) is 3.60. The largest absolute Gasteiger partial charge is 0.319 e. The quantitative estimate of drug-likeness (QED) is 0.680. The summed E-state index contributed by atoms with van der Waals surface area (Å²) in [6.45, 7) is 4.19. The normalized spacial score (nSPS) is 12.3. The number of thiazole rings is 1. The predicted octanol–water partition coefficient (Wildman–Crippen LogP) is 4.24. The van der Waals surface area contributed by atoms with E-state index in [-0.39, 0.29) is 5.91 Å². The molecular weight excluding hydrogens is 336 g/mol. The fourth-order valence-electron chi connectivity index (χ4n) is 2.23. The molecule has 22 heavy (non-hydrogen) atoms. The van der Waals surface area contributed by atoms with Crippen molar-refractivity contribution in [3.8, 4) is 0 Å². The fraction of sp³-hybridized carbons (Fsp3) is 0.250. The molecule has 0 radical (unpaired) electrons. The highest BCUT2D eigenvalue weighted by molar-refractivity contribution is 7.16. The fourth-order valence-corrected chi connectivity index (χ4v) is 4.42. The van der Waals surface area contributed by atoms with Crippen molar-refractivity contribution in [3.63, 3.8) is 0 Å². The first-order valence-electron chi connectivity index (χ1n) is 6.82. The van der Waals surface area contributed by atoms with Gasteiger partial charge in [-0.15, -0.1) is 11.3 Å². The molecular formula is C16H15ClN2OS2. The number of carbonyl (C=O) groups is 1. The lowest BCUT2D eigenvalue weighted by molar-refractivity contribution is -0.117. The Balaban J connectivity index is 1.98. The van der Waals surface area contributed by atoms with E-state index in [0.29, 0.717) is 10.8 Å². The molecule has 0 aliphatic carbocycles. The molecule has 0 spiro atoms. The Kier molecular flexibility index (Phi) is 4.21. The van der Waals surface area contributed by atoms with Crippen LogP contribution in [-0.2, 0) is 18.3 Å². The van der Waals surface area contributed by atoms with Crippen molar-refractivity contribution in [2.24, 2.45) is 12.0 Å². The van der Waals surface area contributed by atoms with Crippen molar-refractivity contribution in [2.75, 3.05) is 0 Å². The number of nitrogens with zero attached hydrogens (tertiary/aromatic N) is 2. The van der Waals surface area contributed by atoms with E-state index in [1.165, 1.54) is 22.5 Å². The number of carbonyl (C=O) groups excluding carboxylic acids is 1. The van der Waals surface area contributed by atoms with Gasteiger partial charge in [0.1, 0.15) is 0 Å². The average molecular weight is 351 g/mol. The van der Waals surface area contributed by atoms with Crippen LogP contribution in [-0.4, -0.2) is 10.5 Å². The second-order valence-corrected chi connectivity index (χ2v) is 8.04. The Labute approximate surface area is 141 Å². The molecule has 2 heterocycles. The molecule has 0 unspecified atom stereocenters. The number of amides is 1. The summed E-state index contributed by atoms with van der Waals surface area (Å²) in [4.78, 5) is 18.1. The number of fused-ring (bicyclic) bond motifs is 1. The van der Waals surface area contributed by atoms with Crippen LogP contribution in [0.5, 0.6) is 0 Å². The number of thiophene rings is 1. The molecule has 1 amide bonds. The Morgan fingerprint density at radius 3 is 2.64 bits per heavy atom. The van der Waals surface area contributed by atoms with Crippen LogP contribution in [0.15, 0.2) is 29.3 Å². The first-order chi connectivity index (χ1) is 10.4. The molecule has 3 aromatic rings. The van der Waals surface area contributed by atoms with Crippen LogP contribution in [0.4, 0.5) is 0 Å². The van der Waals surface area contributed by atoms with Gasteiger partial charge in [-0.25, -0.2) is 0 Å². The highest BCUT2D eigenvalue weighted by Gasteiger charge is 2.08. The third-order valence-corrected chi connectivity index (χ3v) is 5.93. The number of halogens is 1. The van der Waals surface area contributed by atoms with Gasteiger partial charge in [0.2, 0.25) is 0 Å². The molecule has 0 fully saturated rings. The van der Waals surface area contributed by atoms with Crippen LogP contribution in [0.2, 0.25) is 4.34 Å². The van der Waals surface area contributed by atoms with E-state index < -0.39 is 0 Å². The number of hydrogen-bond acceptors (Lipinski definition) is 3. The zero-order valence-corrected chi connectivity index (χ0v) is 14.9. The topological polar surface area (TPSA) is 34.4 Å². The standard InChI is InChI=1S/C16H15ClN2OS2/c1-9-6-12-13(7-10(9)2)22-16(19(12)3)18-15(20)8-11-4-5-14(17)21-11/h4-7H,8H2,1-3H3. The summed E-state index contributed by atoms with van der Waals surface area (Å²) in [5.74, 6) is -0.144. The van der Waals surface area contributed by atoms with Gasteiger partial charge < -0.3 is 4.57 Å². The number of aromatic nitrogens is 1. The minimum atomic E-state index is -0.144. The maximum absolute atomic E-state index is 12.1. The molecule has 0 atom stereocenters.